The molecule has 0 aliphatic heterocycles. The van der Waals surface area contributed by atoms with Gasteiger partial charge in [0, 0.05) is 0 Å². The van der Waals surface area contributed by atoms with Gasteiger partial charge in [0.05, 0.1) is 0 Å². The molecule has 2 unspecified atom stereocenters. The smallest absolute Gasteiger partial charge is 0.0103 e. The van der Waals surface area contributed by atoms with E-state index in [2.05, 4.69) is 6.92 Å². The van der Waals surface area contributed by atoms with Crippen LogP contribution >= 0.6 is 0 Å². The standard InChI is InChI=1S/C12H18/c1-2-8-6-7-10-11(8)12(10)9-4-3-5-9/h8,10-11H,2-7H2,1H3/t8?,10-,11?/m1/s1. The van der Waals surface area contributed by atoms with Crippen LogP contribution in [0.1, 0.15) is 45.4 Å². The van der Waals surface area contributed by atoms with Crippen molar-refractivity contribution in [2.75, 3.05) is 0 Å². The second-order valence-electron chi connectivity index (χ2n) is 4.79. The average molecular weight is 162 g/mol. The quantitative estimate of drug-likeness (QED) is 0.517. The molecular formula is C12H18. The molecule has 0 spiro atoms. The summed E-state index contributed by atoms with van der Waals surface area (Å²) in [6.07, 6.45) is 8.88. The van der Waals surface area contributed by atoms with Gasteiger partial charge in [-0.2, -0.15) is 0 Å². The van der Waals surface area contributed by atoms with Crippen LogP contribution in [0.15, 0.2) is 11.1 Å². The Kier molecular flexibility index (Phi) is 1.42. The molecule has 3 saturated carbocycles. The van der Waals surface area contributed by atoms with Gasteiger partial charge in [-0.15, -0.1) is 0 Å². The molecule has 3 atom stereocenters. The van der Waals surface area contributed by atoms with Crippen LogP contribution in [0, 0.1) is 17.8 Å². The van der Waals surface area contributed by atoms with Crippen molar-refractivity contribution in [2.45, 2.75) is 45.4 Å². The maximum atomic E-state index is 2.37. The average Bonchev–Trinajstić information content (AvgIpc) is 2.56. The van der Waals surface area contributed by atoms with Crippen LogP contribution in [0.3, 0.4) is 0 Å². The minimum absolute atomic E-state index is 1.08. The van der Waals surface area contributed by atoms with Crippen LogP contribution in [-0.2, 0) is 0 Å². The summed E-state index contributed by atoms with van der Waals surface area (Å²) in [6.45, 7) is 2.37. The molecule has 0 nitrogen and oxygen atoms in total. The van der Waals surface area contributed by atoms with Gasteiger partial charge in [0.2, 0.25) is 0 Å². The van der Waals surface area contributed by atoms with Crippen molar-refractivity contribution in [3.05, 3.63) is 11.1 Å². The van der Waals surface area contributed by atoms with E-state index < -0.39 is 0 Å². The Morgan fingerprint density at radius 3 is 2.67 bits per heavy atom. The van der Waals surface area contributed by atoms with Crippen LogP contribution in [0.2, 0.25) is 0 Å². The number of rotatable bonds is 1. The van der Waals surface area contributed by atoms with Crippen LogP contribution in [0.5, 0.6) is 0 Å². The second-order valence-corrected chi connectivity index (χ2v) is 4.79. The van der Waals surface area contributed by atoms with E-state index in [1.807, 2.05) is 11.1 Å². The molecule has 0 aromatic heterocycles. The molecule has 0 aromatic carbocycles. The first-order valence-corrected chi connectivity index (χ1v) is 5.63. The highest BCUT2D eigenvalue weighted by molar-refractivity contribution is 5.40. The highest BCUT2D eigenvalue weighted by atomic mass is 14.6. The number of allylic oxidation sites excluding steroid dienone is 2. The predicted molar refractivity (Wildman–Crippen MR) is 50.9 cm³/mol. The zero-order valence-corrected chi connectivity index (χ0v) is 7.97. The van der Waals surface area contributed by atoms with Gasteiger partial charge in [0.15, 0.2) is 0 Å². The molecule has 0 heteroatoms. The minimum atomic E-state index is 1.08. The van der Waals surface area contributed by atoms with Crippen molar-refractivity contribution in [3.8, 4) is 0 Å². The van der Waals surface area contributed by atoms with Gasteiger partial charge in [-0.1, -0.05) is 24.5 Å². The van der Waals surface area contributed by atoms with Crippen molar-refractivity contribution >= 4 is 0 Å². The van der Waals surface area contributed by atoms with E-state index in [0.29, 0.717) is 0 Å². The fourth-order valence-corrected chi connectivity index (χ4v) is 3.43. The highest BCUT2D eigenvalue weighted by Gasteiger charge is 2.53. The first-order valence-electron chi connectivity index (χ1n) is 5.63. The summed E-state index contributed by atoms with van der Waals surface area (Å²) in [5.74, 6) is 3.26. The lowest BCUT2D eigenvalue weighted by atomic mass is 9.88. The van der Waals surface area contributed by atoms with Gasteiger partial charge < -0.3 is 0 Å². The van der Waals surface area contributed by atoms with E-state index in [4.69, 9.17) is 0 Å². The van der Waals surface area contributed by atoms with E-state index in [0.717, 1.165) is 17.8 Å². The fraction of sp³-hybridized carbons (Fsp3) is 0.833. The lowest BCUT2D eigenvalue weighted by molar-refractivity contribution is 0.481. The molecule has 3 rings (SSSR count). The number of fused-ring (bicyclic) bond motifs is 1. The summed E-state index contributed by atoms with van der Waals surface area (Å²) in [5, 5.41) is 0. The Bertz CT molecular complexity index is 230. The molecule has 0 bridgehead atoms. The Morgan fingerprint density at radius 2 is 2.08 bits per heavy atom. The summed E-state index contributed by atoms with van der Waals surface area (Å²) in [5.41, 5.74) is 3.82. The van der Waals surface area contributed by atoms with E-state index >= 15 is 0 Å². The van der Waals surface area contributed by atoms with E-state index in [1.54, 1.807) is 0 Å². The van der Waals surface area contributed by atoms with Crippen LogP contribution < -0.4 is 0 Å². The first kappa shape index (κ1) is 7.17. The molecular weight excluding hydrogens is 144 g/mol. The molecule has 0 aromatic rings. The summed E-state index contributed by atoms with van der Waals surface area (Å²) in [6, 6.07) is 0. The zero-order valence-electron chi connectivity index (χ0n) is 7.97. The van der Waals surface area contributed by atoms with Crippen molar-refractivity contribution in [1.29, 1.82) is 0 Å². The Morgan fingerprint density at radius 1 is 1.25 bits per heavy atom. The normalized spacial score (nSPS) is 44.2. The third-order valence-corrected chi connectivity index (χ3v) is 4.33. The minimum Gasteiger partial charge on any atom is -0.0704 e. The molecule has 3 fully saturated rings. The molecule has 3 aliphatic rings. The Balaban J connectivity index is 1.80. The Hall–Kier alpha value is -0.260. The topological polar surface area (TPSA) is 0 Å². The highest BCUT2D eigenvalue weighted by Crippen LogP contribution is 2.63. The molecule has 3 aliphatic carbocycles. The van der Waals surface area contributed by atoms with Crippen molar-refractivity contribution < 1.29 is 0 Å². The summed E-state index contributed by atoms with van der Waals surface area (Å²) in [4.78, 5) is 0. The lowest BCUT2D eigenvalue weighted by Crippen LogP contribution is -2.01. The van der Waals surface area contributed by atoms with Crippen molar-refractivity contribution in [3.63, 3.8) is 0 Å². The van der Waals surface area contributed by atoms with Crippen LogP contribution in [0.25, 0.3) is 0 Å². The van der Waals surface area contributed by atoms with Crippen molar-refractivity contribution in [1.82, 2.24) is 0 Å². The molecule has 0 amide bonds. The van der Waals surface area contributed by atoms with Gasteiger partial charge in [0.1, 0.15) is 0 Å². The molecule has 0 heterocycles. The largest absolute Gasteiger partial charge is 0.0704 e. The van der Waals surface area contributed by atoms with Crippen LogP contribution in [0.4, 0.5) is 0 Å². The maximum Gasteiger partial charge on any atom is -0.0103 e. The third-order valence-electron chi connectivity index (χ3n) is 4.33. The zero-order chi connectivity index (χ0) is 8.13. The molecule has 66 valence electrons. The Labute approximate surface area is 75.0 Å². The van der Waals surface area contributed by atoms with Crippen LogP contribution in [-0.4, -0.2) is 0 Å². The van der Waals surface area contributed by atoms with Crippen molar-refractivity contribution in [2.24, 2.45) is 17.8 Å². The molecule has 12 heavy (non-hydrogen) atoms. The van der Waals surface area contributed by atoms with E-state index in [9.17, 15) is 0 Å². The van der Waals surface area contributed by atoms with Gasteiger partial charge in [-0.05, 0) is 49.9 Å². The van der Waals surface area contributed by atoms with E-state index in [-0.39, 0.29) is 0 Å². The molecule has 0 N–H and O–H groups in total. The summed E-state index contributed by atoms with van der Waals surface area (Å²) < 4.78 is 0. The monoisotopic (exact) mass is 162 g/mol. The van der Waals surface area contributed by atoms with Gasteiger partial charge in [-0.25, -0.2) is 0 Å². The maximum absolute atomic E-state index is 2.37. The van der Waals surface area contributed by atoms with Gasteiger partial charge in [-0.3, -0.25) is 0 Å². The predicted octanol–water partition coefficient (Wildman–Crippen LogP) is 3.53. The number of hydrogen-bond acceptors (Lipinski definition) is 0. The third kappa shape index (κ3) is 0.787. The number of hydrogen-bond donors (Lipinski definition) is 0. The summed E-state index contributed by atoms with van der Waals surface area (Å²) in [7, 11) is 0. The lowest BCUT2D eigenvalue weighted by Gasteiger charge is -2.18. The SMILES string of the molecule is CCC1CC[C@H]2C(=C3CCC3)C12. The van der Waals surface area contributed by atoms with Gasteiger partial charge in [0.25, 0.3) is 0 Å². The fourth-order valence-electron chi connectivity index (χ4n) is 3.43. The first-order chi connectivity index (χ1) is 5.92. The molecule has 0 saturated heterocycles. The van der Waals surface area contributed by atoms with E-state index in [1.165, 1.54) is 38.5 Å². The molecule has 0 radical (unpaired) electrons. The second kappa shape index (κ2) is 2.37. The van der Waals surface area contributed by atoms with Gasteiger partial charge >= 0.3 is 0 Å². The summed E-state index contributed by atoms with van der Waals surface area (Å²) >= 11 is 0.